The Morgan fingerprint density at radius 3 is 2.12 bits per heavy atom. The van der Waals surface area contributed by atoms with Crippen LogP contribution in [0, 0.1) is 0 Å². The van der Waals surface area contributed by atoms with Crippen LogP contribution in [0.15, 0.2) is 0 Å². The quantitative estimate of drug-likeness (QED) is 0.503. The van der Waals surface area contributed by atoms with E-state index in [1.54, 1.807) is 20.8 Å². The van der Waals surface area contributed by atoms with Crippen LogP contribution in [0.1, 0.15) is 27.2 Å². The number of rotatable bonds is 9. The Balaban J connectivity index is 4.21. The highest BCUT2D eigenvalue weighted by Gasteiger charge is 2.26. The molecule has 2 N–H and O–H groups in total. The maximum atomic E-state index is 12.0. The first-order chi connectivity index (χ1) is 7.99. The third-order valence-corrected chi connectivity index (χ3v) is 4.06. The third kappa shape index (κ3) is 6.78. The molecule has 0 aliphatic heterocycles. The van der Waals surface area contributed by atoms with Gasteiger partial charge >= 0.3 is 13.6 Å². The molecule has 0 aromatic carbocycles. The van der Waals surface area contributed by atoms with Gasteiger partial charge in [0.25, 0.3) is 0 Å². The molecule has 0 bridgehead atoms. The molecule has 0 saturated heterocycles. The number of nitrogens with two attached hydrogens (primary N) is 1. The summed E-state index contributed by atoms with van der Waals surface area (Å²) in [7, 11) is -3.12. The molecule has 0 rings (SSSR count). The molecule has 0 saturated carbocycles. The average molecular weight is 267 g/mol. The summed E-state index contributed by atoms with van der Waals surface area (Å²) in [6.45, 7) is 6.04. The van der Waals surface area contributed by atoms with E-state index in [9.17, 15) is 9.36 Å². The molecule has 0 aliphatic carbocycles. The predicted octanol–water partition coefficient (Wildman–Crippen LogP) is 1.53. The van der Waals surface area contributed by atoms with Gasteiger partial charge in [0.05, 0.1) is 26.0 Å². The van der Waals surface area contributed by atoms with Crippen molar-refractivity contribution >= 4 is 13.6 Å². The Hall–Kier alpha value is -0.420. The molecular formula is C10H22NO5P. The molecule has 0 fully saturated rings. The van der Waals surface area contributed by atoms with E-state index in [0.29, 0.717) is 13.2 Å². The summed E-state index contributed by atoms with van der Waals surface area (Å²) in [6.07, 6.45) is 0.338. The Bertz CT molecular complexity index is 261. The van der Waals surface area contributed by atoms with E-state index in [2.05, 4.69) is 0 Å². The van der Waals surface area contributed by atoms with Gasteiger partial charge in [0.2, 0.25) is 0 Å². The first kappa shape index (κ1) is 16.6. The van der Waals surface area contributed by atoms with Crippen LogP contribution in [0.2, 0.25) is 0 Å². The lowest BCUT2D eigenvalue weighted by Crippen LogP contribution is -2.33. The average Bonchev–Trinajstić information content (AvgIpc) is 2.27. The predicted molar refractivity (Wildman–Crippen MR) is 65.0 cm³/mol. The molecule has 17 heavy (non-hydrogen) atoms. The lowest BCUT2D eigenvalue weighted by atomic mass is 10.2. The Kier molecular flexibility index (Phi) is 8.43. The van der Waals surface area contributed by atoms with Gasteiger partial charge < -0.3 is 19.5 Å². The van der Waals surface area contributed by atoms with Crippen LogP contribution >= 0.6 is 7.60 Å². The van der Waals surface area contributed by atoms with Crippen molar-refractivity contribution in [3.8, 4) is 0 Å². The summed E-state index contributed by atoms with van der Waals surface area (Å²) in [5.74, 6) is -0.493. The first-order valence-electron chi connectivity index (χ1n) is 5.79. The SMILES string of the molecule is CCOC(=O)[C@@H](N)CCP(=O)(OCC)OCC. The molecule has 6 nitrogen and oxygen atoms in total. The van der Waals surface area contributed by atoms with Crippen molar-refractivity contribution in [3.05, 3.63) is 0 Å². The van der Waals surface area contributed by atoms with E-state index < -0.39 is 19.6 Å². The topological polar surface area (TPSA) is 87.9 Å². The summed E-state index contributed by atoms with van der Waals surface area (Å²) >= 11 is 0. The summed E-state index contributed by atoms with van der Waals surface area (Å²) < 4.78 is 27.0. The van der Waals surface area contributed by atoms with Crippen LogP contribution in [0.25, 0.3) is 0 Å². The molecule has 0 heterocycles. The Labute approximate surface area is 102 Å². The molecule has 0 unspecified atom stereocenters. The van der Waals surface area contributed by atoms with Crippen molar-refractivity contribution in [2.75, 3.05) is 26.0 Å². The third-order valence-electron chi connectivity index (χ3n) is 1.95. The zero-order valence-electron chi connectivity index (χ0n) is 10.7. The second-order valence-electron chi connectivity index (χ2n) is 3.32. The van der Waals surface area contributed by atoms with Crippen LogP contribution in [-0.2, 0) is 23.1 Å². The number of hydrogen-bond donors (Lipinski definition) is 1. The molecule has 0 aliphatic rings. The Morgan fingerprint density at radius 1 is 1.18 bits per heavy atom. The van der Waals surface area contributed by atoms with Crippen molar-refractivity contribution in [2.24, 2.45) is 5.73 Å². The molecule has 0 amide bonds. The van der Waals surface area contributed by atoms with Crippen LogP contribution in [-0.4, -0.2) is 38.0 Å². The monoisotopic (exact) mass is 267 g/mol. The van der Waals surface area contributed by atoms with Gasteiger partial charge in [0, 0.05) is 0 Å². The van der Waals surface area contributed by atoms with Crippen molar-refractivity contribution in [3.63, 3.8) is 0 Å². The highest BCUT2D eigenvalue weighted by atomic mass is 31.2. The zero-order chi connectivity index (χ0) is 13.3. The van der Waals surface area contributed by atoms with E-state index in [-0.39, 0.29) is 19.2 Å². The van der Waals surface area contributed by atoms with Gasteiger partial charge in [-0.3, -0.25) is 9.36 Å². The lowest BCUT2D eigenvalue weighted by Gasteiger charge is -2.18. The van der Waals surface area contributed by atoms with Gasteiger partial charge in [-0.15, -0.1) is 0 Å². The van der Waals surface area contributed by atoms with Crippen molar-refractivity contribution < 1.29 is 23.1 Å². The van der Waals surface area contributed by atoms with E-state index in [1.807, 2.05) is 0 Å². The molecule has 7 heteroatoms. The van der Waals surface area contributed by atoms with Crippen LogP contribution in [0.3, 0.4) is 0 Å². The minimum atomic E-state index is -3.12. The minimum Gasteiger partial charge on any atom is -0.465 e. The van der Waals surface area contributed by atoms with E-state index in [1.165, 1.54) is 0 Å². The molecule has 0 radical (unpaired) electrons. The largest absolute Gasteiger partial charge is 0.465 e. The fourth-order valence-corrected chi connectivity index (χ4v) is 2.94. The number of hydrogen-bond acceptors (Lipinski definition) is 6. The number of esters is 1. The molecule has 0 spiro atoms. The van der Waals surface area contributed by atoms with E-state index in [0.717, 1.165) is 0 Å². The standard InChI is InChI=1S/C10H22NO5P/c1-4-14-10(12)9(11)7-8-17(13,15-5-2)16-6-3/h9H,4-8,11H2,1-3H3/t9-/m0/s1. The fourth-order valence-electron chi connectivity index (χ4n) is 1.22. The second kappa shape index (κ2) is 8.64. The summed E-state index contributed by atoms with van der Waals surface area (Å²) in [6, 6.07) is -0.788. The van der Waals surface area contributed by atoms with Gasteiger partial charge in [0.15, 0.2) is 0 Å². The zero-order valence-corrected chi connectivity index (χ0v) is 11.6. The van der Waals surface area contributed by atoms with Crippen molar-refractivity contribution in [1.82, 2.24) is 0 Å². The minimum absolute atomic E-state index is 0.120. The molecule has 0 aromatic heterocycles. The second-order valence-corrected chi connectivity index (χ2v) is 5.50. The van der Waals surface area contributed by atoms with Crippen LogP contribution in [0.5, 0.6) is 0 Å². The van der Waals surface area contributed by atoms with Gasteiger partial charge in [-0.2, -0.15) is 0 Å². The molecule has 102 valence electrons. The summed E-state index contributed by atoms with van der Waals surface area (Å²) in [5.41, 5.74) is 5.60. The number of ether oxygens (including phenoxy) is 1. The van der Waals surface area contributed by atoms with E-state index >= 15 is 0 Å². The molecular weight excluding hydrogens is 245 g/mol. The smallest absolute Gasteiger partial charge is 0.330 e. The highest BCUT2D eigenvalue weighted by molar-refractivity contribution is 7.53. The van der Waals surface area contributed by atoms with Crippen molar-refractivity contribution in [1.29, 1.82) is 0 Å². The van der Waals surface area contributed by atoms with Crippen LogP contribution in [0.4, 0.5) is 0 Å². The van der Waals surface area contributed by atoms with Gasteiger partial charge in [-0.05, 0) is 27.2 Å². The maximum absolute atomic E-state index is 12.0. The summed E-state index contributed by atoms with van der Waals surface area (Å²) in [5, 5.41) is 0. The lowest BCUT2D eigenvalue weighted by molar-refractivity contribution is -0.144. The summed E-state index contributed by atoms with van der Waals surface area (Å²) in [4.78, 5) is 11.3. The number of carbonyl (C=O) groups is 1. The van der Waals surface area contributed by atoms with Crippen molar-refractivity contribution in [2.45, 2.75) is 33.2 Å². The van der Waals surface area contributed by atoms with Gasteiger partial charge in [-0.1, -0.05) is 0 Å². The van der Waals surface area contributed by atoms with Gasteiger partial charge in [-0.25, -0.2) is 0 Å². The first-order valence-corrected chi connectivity index (χ1v) is 7.52. The highest BCUT2D eigenvalue weighted by Crippen LogP contribution is 2.48. The normalized spacial score (nSPS) is 13.4. The fraction of sp³-hybridized carbons (Fsp3) is 0.900. The van der Waals surface area contributed by atoms with Gasteiger partial charge in [0.1, 0.15) is 6.04 Å². The Morgan fingerprint density at radius 2 is 1.71 bits per heavy atom. The molecule has 0 aromatic rings. The maximum Gasteiger partial charge on any atom is 0.330 e. The number of carbonyl (C=O) groups excluding carboxylic acids is 1. The molecule has 1 atom stereocenters. The van der Waals surface area contributed by atoms with E-state index in [4.69, 9.17) is 19.5 Å². The van der Waals surface area contributed by atoms with Crippen LogP contribution < -0.4 is 5.73 Å².